The van der Waals surface area contributed by atoms with Gasteiger partial charge in [0.05, 0.1) is 11.3 Å². The highest BCUT2D eigenvalue weighted by atomic mass is 32.2. The second-order valence-corrected chi connectivity index (χ2v) is 21.4. The van der Waals surface area contributed by atoms with Crippen molar-refractivity contribution in [3.8, 4) is 5.88 Å². The highest BCUT2D eigenvalue weighted by Gasteiger charge is 2.64. The Morgan fingerprint density at radius 2 is 1.70 bits per heavy atom. The van der Waals surface area contributed by atoms with Crippen LogP contribution in [-0.2, 0) is 35.6 Å². The van der Waals surface area contributed by atoms with E-state index in [2.05, 4.69) is 47.7 Å². The Morgan fingerprint density at radius 3 is 2.36 bits per heavy atom. The molecule has 2 heterocycles. The van der Waals surface area contributed by atoms with Crippen molar-refractivity contribution in [1.82, 2.24) is 25.2 Å². The Hall–Kier alpha value is -4.98. The van der Waals surface area contributed by atoms with E-state index in [-0.39, 0.29) is 37.8 Å². The maximum absolute atomic E-state index is 14.9. The molecule has 0 bridgehead atoms. The van der Waals surface area contributed by atoms with Crippen molar-refractivity contribution in [2.75, 3.05) is 6.54 Å². The smallest absolute Gasteiger partial charge is 0.408 e. The molecule has 2 aromatic carbocycles. The number of carbonyl (C=O) groups is 4. The van der Waals surface area contributed by atoms with Gasteiger partial charge in [0.2, 0.25) is 27.7 Å². The molecule has 3 aromatic rings. The molecule has 4 amide bonds. The molecule has 3 N–H and O–H groups in total. The van der Waals surface area contributed by atoms with Gasteiger partial charge in [-0.2, -0.15) is 0 Å². The molecule has 1 saturated heterocycles. The topological polar surface area (TPSA) is 173 Å². The molecule has 7 rings (SSSR count). The molecule has 61 heavy (non-hydrogen) atoms. The Bertz CT molecular complexity index is 2250. The van der Waals surface area contributed by atoms with Crippen LogP contribution in [0.15, 0.2) is 79.5 Å². The Labute approximate surface area is 359 Å². The Kier molecular flexibility index (Phi) is 12.3. The van der Waals surface area contributed by atoms with E-state index in [0.717, 1.165) is 35.6 Å². The molecule has 1 aromatic heterocycles. The second kappa shape index (κ2) is 17.1. The van der Waals surface area contributed by atoms with Gasteiger partial charge < -0.3 is 25.0 Å². The molecule has 1 aliphatic heterocycles. The lowest BCUT2D eigenvalue weighted by Gasteiger charge is -2.38. The lowest BCUT2D eigenvalue weighted by Crippen LogP contribution is -2.60. The van der Waals surface area contributed by atoms with Crippen molar-refractivity contribution >= 4 is 44.6 Å². The summed E-state index contributed by atoms with van der Waals surface area (Å²) in [5.41, 5.74) is -1.57. The quantitative estimate of drug-likeness (QED) is 0.154. The first-order valence-corrected chi connectivity index (χ1v) is 23.2. The maximum Gasteiger partial charge on any atom is 0.408 e. The number of nitrogens with one attached hydrogen (secondary N) is 3. The SMILES string of the molecule is C=C[C@@H]1C[C@]1(NC(=O)C1C[C@@H](Oc2nccc3ccccc23)CN1C(=O)[C@@H](NC(=O)O[C@@H]1C[C@H](C)CC[C@H]1C(C)C)C(C)(C)C)C(=O)NS(=O)(=O)C1(Cc2ccccc2)CC1. The molecule has 4 aliphatic rings. The average molecular weight is 856 g/mol. The molecule has 8 atom stereocenters. The van der Waals surface area contributed by atoms with Crippen LogP contribution in [0.25, 0.3) is 10.8 Å². The number of rotatable bonds is 14. The third-order valence-corrected chi connectivity index (χ3v) is 15.5. The van der Waals surface area contributed by atoms with Crippen molar-refractivity contribution in [3.63, 3.8) is 0 Å². The van der Waals surface area contributed by atoms with Gasteiger partial charge in [0.1, 0.15) is 29.8 Å². The van der Waals surface area contributed by atoms with Crippen molar-refractivity contribution < 1.29 is 37.1 Å². The van der Waals surface area contributed by atoms with Crippen molar-refractivity contribution in [2.45, 2.75) is 127 Å². The molecular formula is C47H61N5O8S. The summed E-state index contributed by atoms with van der Waals surface area (Å²) in [5.74, 6) is -1.33. The number of fused-ring (bicyclic) bond motifs is 1. The van der Waals surface area contributed by atoms with Crippen LogP contribution in [0.4, 0.5) is 4.79 Å². The minimum atomic E-state index is -4.15. The normalized spacial score (nSPS) is 27.4. The zero-order chi connectivity index (χ0) is 43.9. The number of alkyl carbamates (subject to hydrolysis) is 1. The first-order valence-electron chi connectivity index (χ1n) is 21.7. The van der Waals surface area contributed by atoms with E-state index >= 15 is 0 Å². The molecule has 0 radical (unpaired) electrons. The summed E-state index contributed by atoms with van der Waals surface area (Å²) in [5, 5.41) is 7.42. The van der Waals surface area contributed by atoms with E-state index in [1.807, 2.05) is 81.4 Å². The van der Waals surface area contributed by atoms with Crippen molar-refractivity contribution in [1.29, 1.82) is 0 Å². The fraction of sp³-hybridized carbons (Fsp3) is 0.553. The van der Waals surface area contributed by atoms with Crippen LogP contribution < -0.4 is 20.1 Å². The van der Waals surface area contributed by atoms with Crippen LogP contribution in [-0.4, -0.2) is 83.2 Å². The van der Waals surface area contributed by atoms with E-state index in [0.29, 0.717) is 30.6 Å². The zero-order valence-corrected chi connectivity index (χ0v) is 37.0. The molecule has 1 unspecified atom stereocenters. The third-order valence-electron chi connectivity index (χ3n) is 13.4. The van der Waals surface area contributed by atoms with Gasteiger partial charge in [0.15, 0.2) is 0 Å². The number of benzene rings is 2. The van der Waals surface area contributed by atoms with Gasteiger partial charge in [-0.3, -0.25) is 19.1 Å². The van der Waals surface area contributed by atoms with E-state index in [4.69, 9.17) is 9.47 Å². The monoisotopic (exact) mass is 855 g/mol. The largest absolute Gasteiger partial charge is 0.472 e. The van der Waals surface area contributed by atoms with Gasteiger partial charge in [-0.15, -0.1) is 6.58 Å². The van der Waals surface area contributed by atoms with Gasteiger partial charge in [0, 0.05) is 23.9 Å². The average Bonchev–Trinajstić information content (AvgIpc) is 4.11. The Balaban J connectivity index is 1.13. The summed E-state index contributed by atoms with van der Waals surface area (Å²) in [6.07, 6.45) is 5.42. The molecule has 14 heteroatoms. The minimum Gasteiger partial charge on any atom is -0.472 e. The van der Waals surface area contributed by atoms with Gasteiger partial charge >= 0.3 is 6.09 Å². The summed E-state index contributed by atoms with van der Waals surface area (Å²) in [6, 6.07) is 16.5. The first-order chi connectivity index (χ1) is 28.9. The predicted octanol–water partition coefficient (Wildman–Crippen LogP) is 6.47. The minimum absolute atomic E-state index is 0.0266. The number of carbonyl (C=O) groups excluding carboxylic acids is 4. The van der Waals surface area contributed by atoms with Crippen LogP contribution in [0, 0.1) is 29.1 Å². The number of nitrogens with zero attached hydrogens (tertiary/aromatic N) is 2. The van der Waals surface area contributed by atoms with Gasteiger partial charge in [-0.05, 0) is 84.8 Å². The number of likely N-dealkylation sites (tertiary alicyclic amines) is 1. The molecule has 3 saturated carbocycles. The lowest BCUT2D eigenvalue weighted by molar-refractivity contribution is -0.143. The maximum atomic E-state index is 14.9. The fourth-order valence-electron chi connectivity index (χ4n) is 9.38. The summed E-state index contributed by atoms with van der Waals surface area (Å²) < 4.78 is 41.4. The number of amides is 4. The molecule has 328 valence electrons. The molecule has 13 nitrogen and oxygen atoms in total. The van der Waals surface area contributed by atoms with Gasteiger partial charge in [-0.25, -0.2) is 18.2 Å². The number of ether oxygens (including phenoxy) is 2. The van der Waals surface area contributed by atoms with Gasteiger partial charge in [0.25, 0.3) is 5.91 Å². The summed E-state index contributed by atoms with van der Waals surface area (Å²) >= 11 is 0. The van der Waals surface area contributed by atoms with Crippen LogP contribution in [0.3, 0.4) is 0 Å². The number of sulfonamides is 1. The predicted molar refractivity (Wildman–Crippen MR) is 233 cm³/mol. The standard InChI is InChI=1S/C47H61N5O8S/c1-8-33-27-47(33,43(55)51-61(57,58)46(21-22-46)26-31-14-10-9-11-15-31)50-40(53)37-25-34(59-41-36-17-13-12-16-32(36)20-23-48-41)28-52(37)42(54)39(45(5,6)7)49-44(56)60-38-24-30(4)18-19-35(38)29(2)3/h8-17,20,23,29-30,33-35,37-39H,1,18-19,21-22,24-28H2,2-7H3,(H,49,56)(H,50,53)(H,51,55)/t30-,33-,34-,35+,37?,38-,39-,47-/m1/s1. The van der Waals surface area contributed by atoms with Crippen LogP contribution in [0.5, 0.6) is 5.88 Å². The number of aromatic nitrogens is 1. The summed E-state index contributed by atoms with van der Waals surface area (Å²) in [7, 11) is -4.15. The highest BCUT2D eigenvalue weighted by molar-refractivity contribution is 7.91. The van der Waals surface area contributed by atoms with Crippen LogP contribution >= 0.6 is 0 Å². The van der Waals surface area contributed by atoms with E-state index < -0.39 is 73.6 Å². The number of hydrogen-bond donors (Lipinski definition) is 3. The zero-order valence-electron chi connectivity index (χ0n) is 36.2. The number of hydrogen-bond acceptors (Lipinski definition) is 9. The Morgan fingerprint density at radius 1 is 1.00 bits per heavy atom. The number of pyridine rings is 1. The molecule has 3 aliphatic carbocycles. The molecular weight excluding hydrogens is 795 g/mol. The first kappa shape index (κ1) is 44.1. The fourth-order valence-corrected chi connectivity index (χ4v) is 11.0. The third kappa shape index (κ3) is 9.29. The molecule has 0 spiro atoms. The summed E-state index contributed by atoms with van der Waals surface area (Å²) in [4.78, 5) is 63.2. The lowest BCUT2D eigenvalue weighted by atomic mass is 9.75. The van der Waals surface area contributed by atoms with Crippen molar-refractivity contribution in [2.24, 2.45) is 29.1 Å². The van der Waals surface area contributed by atoms with Gasteiger partial charge in [-0.1, -0.05) is 103 Å². The summed E-state index contributed by atoms with van der Waals surface area (Å²) in [6.45, 7) is 15.7. The van der Waals surface area contributed by atoms with Crippen LogP contribution in [0.1, 0.15) is 92.1 Å². The van der Waals surface area contributed by atoms with E-state index in [1.54, 1.807) is 6.20 Å². The van der Waals surface area contributed by atoms with Crippen molar-refractivity contribution in [3.05, 3.63) is 85.1 Å². The second-order valence-electron chi connectivity index (χ2n) is 19.3. The van der Waals surface area contributed by atoms with E-state index in [9.17, 15) is 27.6 Å². The van der Waals surface area contributed by atoms with Crippen LogP contribution in [0.2, 0.25) is 0 Å². The highest BCUT2D eigenvalue weighted by Crippen LogP contribution is 2.49. The van der Waals surface area contributed by atoms with E-state index in [1.165, 1.54) is 11.0 Å². The molecule has 4 fully saturated rings.